The van der Waals surface area contributed by atoms with Crippen LogP contribution in [0.2, 0.25) is 5.02 Å². The van der Waals surface area contributed by atoms with Gasteiger partial charge in [-0.25, -0.2) is 8.78 Å². The van der Waals surface area contributed by atoms with Gasteiger partial charge >= 0.3 is 0 Å². The summed E-state index contributed by atoms with van der Waals surface area (Å²) in [5.74, 6) is -2.41. The van der Waals surface area contributed by atoms with Gasteiger partial charge in [0.1, 0.15) is 0 Å². The fraction of sp³-hybridized carbons (Fsp3) is 0.516. The maximum Gasteiger partial charge on any atom is 0.248 e. The number of alkyl halides is 2. The molecule has 0 bridgehead atoms. The molecule has 2 unspecified atom stereocenters. The number of rotatable bonds is 8. The maximum atomic E-state index is 13.8. The molecule has 2 atom stereocenters. The standard InChI is InChI=1S/C31H39ClF2N4/c1-7-25-23(17-21-12-15-31(33,34)16-13-21)29(32)24-18-22(9-10-27(24)37-25)28(26(8-2)38-35-6)30(5)14-11-19(3)36-20(30)4/h8-11,18,21,28,38H,6-7,12-17H2,1-5H3/b26-8-. The van der Waals surface area contributed by atoms with Crippen LogP contribution in [-0.4, -0.2) is 23.3 Å². The van der Waals surface area contributed by atoms with Crippen molar-refractivity contribution >= 4 is 34.9 Å². The van der Waals surface area contributed by atoms with Crippen LogP contribution in [0.25, 0.3) is 10.9 Å². The number of halogens is 3. The Hall–Kier alpha value is -2.60. The zero-order valence-electron chi connectivity index (χ0n) is 23.2. The third-order valence-electron chi connectivity index (χ3n) is 8.58. The van der Waals surface area contributed by atoms with Crippen LogP contribution in [0.4, 0.5) is 8.78 Å². The molecule has 2 aromatic rings. The summed E-state index contributed by atoms with van der Waals surface area (Å²) in [6, 6.07) is 6.31. The number of hydrogen-bond acceptors (Lipinski definition) is 4. The number of nitrogens with one attached hydrogen (secondary N) is 1. The average Bonchev–Trinajstić information content (AvgIpc) is 2.89. The lowest BCUT2D eigenvalue weighted by atomic mass is 9.66. The van der Waals surface area contributed by atoms with Gasteiger partial charge in [-0.1, -0.05) is 43.7 Å². The number of nitrogens with zero attached hydrogens (tertiary/aromatic N) is 3. The van der Waals surface area contributed by atoms with Gasteiger partial charge in [-0.2, -0.15) is 5.10 Å². The second-order valence-corrected chi connectivity index (χ2v) is 11.5. The van der Waals surface area contributed by atoms with Crippen LogP contribution in [-0.2, 0) is 12.8 Å². The van der Waals surface area contributed by atoms with Crippen LogP contribution in [0.3, 0.4) is 0 Å². The number of aryl methyl sites for hydroxylation is 1. The number of benzene rings is 1. The van der Waals surface area contributed by atoms with Crippen LogP contribution < -0.4 is 5.43 Å². The molecule has 0 amide bonds. The minimum atomic E-state index is -2.54. The molecule has 4 rings (SSSR count). The smallest absolute Gasteiger partial charge is 0.248 e. The minimum absolute atomic E-state index is 0.0482. The highest BCUT2D eigenvalue weighted by Gasteiger charge is 2.41. The summed E-state index contributed by atoms with van der Waals surface area (Å²) in [5.41, 5.74) is 9.77. The Morgan fingerprint density at radius 3 is 2.61 bits per heavy atom. The number of hydrogen-bond donors (Lipinski definition) is 1. The van der Waals surface area contributed by atoms with Crippen LogP contribution >= 0.6 is 11.6 Å². The summed E-state index contributed by atoms with van der Waals surface area (Å²) in [6.45, 7) is 14.1. The van der Waals surface area contributed by atoms with Gasteiger partial charge in [0.15, 0.2) is 0 Å². The molecular weight excluding hydrogens is 502 g/mol. The molecule has 38 heavy (non-hydrogen) atoms. The van der Waals surface area contributed by atoms with E-state index in [2.05, 4.69) is 56.2 Å². The first-order valence-corrected chi connectivity index (χ1v) is 14.0. The molecule has 1 aliphatic heterocycles. The predicted octanol–water partition coefficient (Wildman–Crippen LogP) is 8.79. The van der Waals surface area contributed by atoms with Gasteiger partial charge < -0.3 is 0 Å². The van der Waals surface area contributed by atoms with Crippen LogP contribution in [0, 0.1) is 11.3 Å². The first kappa shape index (κ1) is 28.4. The van der Waals surface area contributed by atoms with E-state index in [9.17, 15) is 8.78 Å². The van der Waals surface area contributed by atoms with E-state index in [-0.39, 0.29) is 30.1 Å². The van der Waals surface area contributed by atoms with Gasteiger partial charge in [0.05, 0.1) is 10.5 Å². The van der Waals surface area contributed by atoms with E-state index in [1.165, 1.54) is 0 Å². The molecule has 7 heteroatoms. The Balaban J connectivity index is 1.81. The van der Waals surface area contributed by atoms with Crippen LogP contribution in [0.5, 0.6) is 0 Å². The summed E-state index contributed by atoms with van der Waals surface area (Å²) in [6.07, 6.45) is 7.43. The topological polar surface area (TPSA) is 49.6 Å². The van der Waals surface area contributed by atoms with Gasteiger partial charge in [0.25, 0.3) is 0 Å². The second kappa shape index (κ2) is 11.3. The monoisotopic (exact) mass is 540 g/mol. The summed E-state index contributed by atoms with van der Waals surface area (Å²) in [4.78, 5) is 9.82. The van der Waals surface area contributed by atoms with Crippen molar-refractivity contribution in [1.29, 1.82) is 0 Å². The van der Waals surface area contributed by atoms with Crippen molar-refractivity contribution in [2.24, 2.45) is 21.4 Å². The van der Waals surface area contributed by atoms with E-state index in [4.69, 9.17) is 21.6 Å². The van der Waals surface area contributed by atoms with Crippen molar-refractivity contribution in [3.63, 3.8) is 0 Å². The first-order chi connectivity index (χ1) is 18.0. The van der Waals surface area contributed by atoms with Crippen molar-refractivity contribution in [2.75, 3.05) is 0 Å². The number of fused-ring (bicyclic) bond motifs is 1. The highest BCUT2D eigenvalue weighted by molar-refractivity contribution is 6.36. The molecule has 2 aliphatic rings. The maximum absolute atomic E-state index is 13.8. The molecule has 0 radical (unpaired) electrons. The van der Waals surface area contributed by atoms with Gasteiger partial charge in [-0.15, -0.1) is 0 Å². The summed E-state index contributed by atoms with van der Waals surface area (Å²) >= 11 is 7.14. The highest BCUT2D eigenvalue weighted by Crippen LogP contribution is 2.48. The molecule has 1 saturated carbocycles. The number of aromatic nitrogens is 1. The highest BCUT2D eigenvalue weighted by atomic mass is 35.5. The molecule has 1 fully saturated rings. The lowest BCUT2D eigenvalue weighted by Gasteiger charge is -2.40. The number of allylic oxidation sites excluding steroid dienone is 4. The fourth-order valence-corrected chi connectivity index (χ4v) is 6.49. The molecule has 1 aromatic heterocycles. The molecule has 1 aliphatic carbocycles. The normalized spacial score (nSPS) is 23.1. The van der Waals surface area contributed by atoms with Gasteiger partial charge in [-0.3, -0.25) is 15.4 Å². The Labute approximate surface area is 230 Å². The van der Waals surface area contributed by atoms with Crippen molar-refractivity contribution in [1.82, 2.24) is 10.4 Å². The van der Waals surface area contributed by atoms with Crippen LogP contribution in [0.1, 0.15) is 89.5 Å². The third-order valence-corrected chi connectivity index (χ3v) is 9.01. The van der Waals surface area contributed by atoms with Crippen molar-refractivity contribution in [2.45, 2.75) is 91.4 Å². The molecule has 204 valence electrons. The van der Waals surface area contributed by atoms with E-state index < -0.39 is 5.92 Å². The van der Waals surface area contributed by atoms with Crippen LogP contribution in [0.15, 0.2) is 51.8 Å². The zero-order chi connectivity index (χ0) is 27.7. The summed E-state index contributed by atoms with van der Waals surface area (Å²) < 4.78 is 27.6. The van der Waals surface area contributed by atoms with E-state index >= 15 is 0 Å². The Kier molecular flexibility index (Phi) is 8.41. The number of pyridine rings is 1. The predicted molar refractivity (Wildman–Crippen MR) is 156 cm³/mol. The molecule has 1 N–H and O–H groups in total. The summed E-state index contributed by atoms with van der Waals surface area (Å²) in [5, 5.41) is 5.58. The van der Waals surface area contributed by atoms with E-state index in [0.717, 1.165) is 57.7 Å². The quantitative estimate of drug-likeness (QED) is 0.268. The minimum Gasteiger partial charge on any atom is -0.283 e. The van der Waals surface area contributed by atoms with Gasteiger partial charge in [0, 0.05) is 59.1 Å². The summed E-state index contributed by atoms with van der Waals surface area (Å²) in [7, 11) is 0. The molecule has 2 heterocycles. The zero-order valence-corrected chi connectivity index (χ0v) is 23.9. The largest absolute Gasteiger partial charge is 0.283 e. The molecule has 4 nitrogen and oxygen atoms in total. The molecule has 0 saturated heterocycles. The van der Waals surface area contributed by atoms with Crippen molar-refractivity contribution < 1.29 is 8.78 Å². The fourth-order valence-electron chi connectivity index (χ4n) is 6.15. The second-order valence-electron chi connectivity index (χ2n) is 11.1. The number of hydrazone groups is 1. The Morgan fingerprint density at radius 2 is 2.00 bits per heavy atom. The lowest BCUT2D eigenvalue weighted by Crippen LogP contribution is -2.37. The number of aliphatic imine (C=N–C) groups is 1. The first-order valence-electron chi connectivity index (χ1n) is 13.6. The van der Waals surface area contributed by atoms with Gasteiger partial charge in [-0.05, 0) is 82.1 Å². The van der Waals surface area contributed by atoms with Gasteiger partial charge in [0.2, 0.25) is 5.92 Å². The third kappa shape index (κ3) is 5.56. The van der Waals surface area contributed by atoms with Crippen molar-refractivity contribution in [3.05, 3.63) is 63.6 Å². The lowest BCUT2D eigenvalue weighted by molar-refractivity contribution is -0.0456. The van der Waals surface area contributed by atoms with E-state index in [1.54, 1.807) is 0 Å². The van der Waals surface area contributed by atoms with Crippen molar-refractivity contribution in [3.8, 4) is 0 Å². The van der Waals surface area contributed by atoms with E-state index in [1.807, 2.05) is 26.0 Å². The SMILES string of the molecule is C=NN/C(=C\C)C(c1ccc2nc(CC)c(CC3CCC(F)(F)CC3)c(Cl)c2c1)C1(C)CC=C(C)N=C1C. The Morgan fingerprint density at radius 1 is 1.29 bits per heavy atom. The molecule has 0 spiro atoms. The molecule has 1 aromatic carbocycles. The average molecular weight is 541 g/mol. The van der Waals surface area contributed by atoms with E-state index in [0.29, 0.717) is 24.3 Å². The molecular formula is C31H39ClF2N4. The Bertz CT molecular complexity index is 1300.